The first-order valence-corrected chi connectivity index (χ1v) is 7.42. The van der Waals surface area contributed by atoms with E-state index in [-0.39, 0.29) is 0 Å². The Morgan fingerprint density at radius 1 is 1.11 bits per heavy atom. The summed E-state index contributed by atoms with van der Waals surface area (Å²) in [5, 5.41) is 4.52. The Kier molecular flexibility index (Phi) is 4.81. The number of hydrogen-bond donors (Lipinski definition) is 0. The van der Waals surface area contributed by atoms with Crippen LogP contribution in [0.2, 0.25) is 0 Å². The van der Waals surface area contributed by atoms with Crippen molar-refractivity contribution < 1.29 is 0 Å². The van der Waals surface area contributed by atoms with Gasteiger partial charge in [-0.15, -0.1) is 11.8 Å². The van der Waals surface area contributed by atoms with Gasteiger partial charge in [0.15, 0.2) is 5.82 Å². The number of aryl methyl sites for hydroxylation is 3. The maximum absolute atomic E-state index is 4.52. The third-order valence-electron chi connectivity index (χ3n) is 2.74. The number of thioether (sulfide) groups is 1. The molecule has 0 amide bonds. The van der Waals surface area contributed by atoms with Crippen molar-refractivity contribution in [1.29, 1.82) is 0 Å². The molecule has 2 aromatic rings. The second kappa shape index (κ2) is 6.59. The molecular weight excluding hydrogens is 242 g/mol. The van der Waals surface area contributed by atoms with Crippen LogP contribution in [-0.4, -0.2) is 20.5 Å². The first kappa shape index (κ1) is 13.1. The van der Waals surface area contributed by atoms with Crippen molar-refractivity contribution in [2.45, 2.75) is 38.1 Å². The van der Waals surface area contributed by atoms with Gasteiger partial charge in [-0.1, -0.05) is 32.0 Å². The molecule has 4 heteroatoms. The molecule has 18 heavy (non-hydrogen) atoms. The van der Waals surface area contributed by atoms with Crippen LogP contribution in [0.15, 0.2) is 35.2 Å². The van der Waals surface area contributed by atoms with Crippen molar-refractivity contribution in [2.75, 3.05) is 5.75 Å². The van der Waals surface area contributed by atoms with Gasteiger partial charge in [0.1, 0.15) is 5.82 Å². The molecule has 0 aliphatic heterocycles. The lowest BCUT2D eigenvalue weighted by Gasteiger charge is -2.04. The molecule has 0 aliphatic rings. The van der Waals surface area contributed by atoms with E-state index in [0.29, 0.717) is 0 Å². The molecule has 0 radical (unpaired) electrons. The lowest BCUT2D eigenvalue weighted by atomic mass is 10.4. The molecule has 0 atom stereocenters. The number of rotatable bonds is 6. The van der Waals surface area contributed by atoms with E-state index in [9.17, 15) is 0 Å². The molecular formula is C14H19N3S. The molecule has 2 rings (SSSR count). The highest BCUT2D eigenvalue weighted by Crippen LogP contribution is 2.17. The fourth-order valence-electron chi connectivity index (χ4n) is 1.78. The second-order valence-electron chi connectivity index (χ2n) is 4.04. The van der Waals surface area contributed by atoms with Crippen LogP contribution in [0.4, 0.5) is 0 Å². The summed E-state index contributed by atoms with van der Waals surface area (Å²) in [5.41, 5.74) is 0. The van der Waals surface area contributed by atoms with E-state index in [4.69, 9.17) is 0 Å². The zero-order chi connectivity index (χ0) is 12.8. The van der Waals surface area contributed by atoms with Crippen molar-refractivity contribution in [1.82, 2.24) is 14.8 Å². The minimum Gasteiger partial charge on any atom is -0.249 e. The van der Waals surface area contributed by atoms with Gasteiger partial charge in [-0.2, -0.15) is 5.10 Å². The molecule has 1 aromatic carbocycles. The Hall–Kier alpha value is -1.29. The summed E-state index contributed by atoms with van der Waals surface area (Å²) in [6.45, 7) is 5.15. The zero-order valence-corrected chi connectivity index (χ0v) is 11.8. The van der Waals surface area contributed by atoms with E-state index >= 15 is 0 Å². The van der Waals surface area contributed by atoms with Crippen molar-refractivity contribution in [2.24, 2.45) is 0 Å². The molecule has 0 bridgehead atoms. The van der Waals surface area contributed by atoms with Gasteiger partial charge < -0.3 is 0 Å². The summed E-state index contributed by atoms with van der Waals surface area (Å²) in [5.74, 6) is 3.08. The molecule has 3 nitrogen and oxygen atoms in total. The van der Waals surface area contributed by atoms with Gasteiger partial charge in [0, 0.05) is 23.5 Å². The molecule has 0 unspecified atom stereocenters. The molecule has 0 aliphatic carbocycles. The molecule has 0 saturated carbocycles. The van der Waals surface area contributed by atoms with Crippen LogP contribution in [0.5, 0.6) is 0 Å². The quantitative estimate of drug-likeness (QED) is 0.748. The number of nitrogens with zero attached hydrogens (tertiary/aromatic N) is 3. The van der Waals surface area contributed by atoms with Crippen LogP contribution in [0.3, 0.4) is 0 Å². The average molecular weight is 261 g/mol. The van der Waals surface area contributed by atoms with E-state index in [0.717, 1.165) is 36.8 Å². The largest absolute Gasteiger partial charge is 0.249 e. The van der Waals surface area contributed by atoms with Gasteiger partial charge in [0.25, 0.3) is 0 Å². The molecule has 0 fully saturated rings. The maximum Gasteiger partial charge on any atom is 0.150 e. The second-order valence-corrected chi connectivity index (χ2v) is 5.20. The van der Waals surface area contributed by atoms with Crippen LogP contribution in [-0.2, 0) is 19.4 Å². The molecule has 0 N–H and O–H groups in total. The van der Waals surface area contributed by atoms with E-state index in [1.54, 1.807) is 0 Å². The van der Waals surface area contributed by atoms with E-state index in [1.165, 1.54) is 4.90 Å². The van der Waals surface area contributed by atoms with Crippen LogP contribution in [0, 0.1) is 0 Å². The highest BCUT2D eigenvalue weighted by Gasteiger charge is 2.06. The van der Waals surface area contributed by atoms with Gasteiger partial charge in [-0.3, -0.25) is 0 Å². The molecule has 1 heterocycles. The Morgan fingerprint density at radius 2 is 1.89 bits per heavy atom. The standard InChI is InChI=1S/C14H19N3S/c1-3-13-15-14(4-2)17(16-13)10-11-18-12-8-6-5-7-9-12/h5-9H,3-4,10-11H2,1-2H3. The van der Waals surface area contributed by atoms with Crippen molar-refractivity contribution in [3.05, 3.63) is 42.0 Å². The molecule has 0 saturated heterocycles. The van der Waals surface area contributed by atoms with Crippen molar-refractivity contribution >= 4 is 11.8 Å². The fourth-order valence-corrected chi connectivity index (χ4v) is 2.63. The number of benzene rings is 1. The number of hydrogen-bond acceptors (Lipinski definition) is 3. The smallest absolute Gasteiger partial charge is 0.150 e. The van der Waals surface area contributed by atoms with Gasteiger partial charge in [0.2, 0.25) is 0 Å². The SMILES string of the molecule is CCc1nc(CC)n(CCSc2ccccc2)n1. The lowest BCUT2D eigenvalue weighted by molar-refractivity contribution is 0.620. The van der Waals surface area contributed by atoms with Gasteiger partial charge >= 0.3 is 0 Å². The summed E-state index contributed by atoms with van der Waals surface area (Å²) < 4.78 is 2.05. The summed E-state index contributed by atoms with van der Waals surface area (Å²) in [7, 11) is 0. The molecule has 0 spiro atoms. The Morgan fingerprint density at radius 3 is 2.56 bits per heavy atom. The Balaban J connectivity index is 1.92. The Labute approximate surface area is 113 Å². The summed E-state index contributed by atoms with van der Waals surface area (Å²) >= 11 is 1.86. The first-order chi connectivity index (χ1) is 8.83. The monoisotopic (exact) mass is 261 g/mol. The molecule has 96 valence electrons. The summed E-state index contributed by atoms with van der Waals surface area (Å²) in [6.07, 6.45) is 1.86. The van der Waals surface area contributed by atoms with Crippen LogP contribution >= 0.6 is 11.8 Å². The van der Waals surface area contributed by atoms with Crippen LogP contribution in [0.1, 0.15) is 25.5 Å². The Bertz CT molecular complexity index is 479. The predicted molar refractivity (Wildman–Crippen MR) is 75.9 cm³/mol. The highest BCUT2D eigenvalue weighted by atomic mass is 32.2. The van der Waals surface area contributed by atoms with E-state index in [1.807, 2.05) is 17.8 Å². The van der Waals surface area contributed by atoms with Gasteiger partial charge in [-0.25, -0.2) is 9.67 Å². The predicted octanol–water partition coefficient (Wildman–Crippen LogP) is 3.20. The van der Waals surface area contributed by atoms with Gasteiger partial charge in [0.05, 0.1) is 6.54 Å². The number of aromatic nitrogens is 3. The van der Waals surface area contributed by atoms with E-state index < -0.39 is 0 Å². The summed E-state index contributed by atoms with van der Waals surface area (Å²) in [6, 6.07) is 10.5. The topological polar surface area (TPSA) is 30.7 Å². The highest BCUT2D eigenvalue weighted by molar-refractivity contribution is 7.99. The van der Waals surface area contributed by atoms with Crippen molar-refractivity contribution in [3.63, 3.8) is 0 Å². The maximum atomic E-state index is 4.52. The average Bonchev–Trinajstić information content (AvgIpc) is 2.82. The first-order valence-electron chi connectivity index (χ1n) is 6.44. The lowest BCUT2D eigenvalue weighted by Crippen LogP contribution is -2.07. The zero-order valence-electron chi connectivity index (χ0n) is 11.0. The fraction of sp³-hybridized carbons (Fsp3) is 0.429. The third-order valence-corrected chi connectivity index (χ3v) is 3.73. The third kappa shape index (κ3) is 3.35. The van der Waals surface area contributed by atoms with Gasteiger partial charge in [-0.05, 0) is 12.1 Å². The normalized spacial score (nSPS) is 10.8. The van der Waals surface area contributed by atoms with Crippen molar-refractivity contribution in [3.8, 4) is 0 Å². The van der Waals surface area contributed by atoms with E-state index in [2.05, 4.69) is 52.9 Å². The minimum absolute atomic E-state index is 0.909. The van der Waals surface area contributed by atoms with Crippen LogP contribution < -0.4 is 0 Å². The summed E-state index contributed by atoms with van der Waals surface area (Å²) in [4.78, 5) is 5.83. The van der Waals surface area contributed by atoms with Crippen LogP contribution in [0.25, 0.3) is 0 Å². The minimum atomic E-state index is 0.909. The molecule has 1 aromatic heterocycles.